The summed E-state index contributed by atoms with van der Waals surface area (Å²) >= 11 is 6.06. The summed E-state index contributed by atoms with van der Waals surface area (Å²) in [5.41, 5.74) is 0.568. The van der Waals surface area contributed by atoms with E-state index in [-0.39, 0.29) is 17.0 Å². The smallest absolute Gasteiger partial charge is 0.396 e. The van der Waals surface area contributed by atoms with Crippen LogP contribution in [0, 0.1) is 0 Å². The van der Waals surface area contributed by atoms with Crippen LogP contribution in [0.4, 0.5) is 13.2 Å². The molecule has 2 nitrogen and oxygen atoms in total. The van der Waals surface area contributed by atoms with Gasteiger partial charge in [-0.1, -0.05) is 67.9 Å². The van der Waals surface area contributed by atoms with Crippen molar-refractivity contribution in [1.82, 2.24) is 4.90 Å². The van der Waals surface area contributed by atoms with Gasteiger partial charge in [-0.3, -0.25) is 4.90 Å². The quantitative estimate of drug-likeness (QED) is 0.631. The highest BCUT2D eigenvalue weighted by molar-refractivity contribution is 6.32. The normalized spacial score (nSPS) is 12.6. The molecule has 0 spiro atoms. The summed E-state index contributed by atoms with van der Waals surface area (Å²) in [5.74, 6) is 0. The molecule has 0 aliphatic heterocycles. The van der Waals surface area contributed by atoms with Crippen molar-refractivity contribution in [2.45, 2.75) is 38.4 Å². The Morgan fingerprint density at radius 3 is 2.26 bits per heavy atom. The summed E-state index contributed by atoms with van der Waals surface area (Å²) in [6.07, 6.45) is -3.94. The summed E-state index contributed by atoms with van der Waals surface area (Å²) in [4.78, 5) is 2.05. The predicted octanol–water partition coefficient (Wildman–Crippen LogP) is 5.52. The van der Waals surface area contributed by atoms with Crippen molar-refractivity contribution in [3.8, 4) is 0 Å². The number of aliphatic hydroxyl groups is 1. The lowest BCUT2D eigenvalue weighted by Gasteiger charge is -2.33. The van der Waals surface area contributed by atoms with E-state index in [2.05, 4.69) is 13.8 Å². The third-order valence-electron chi connectivity index (χ3n) is 4.58. The van der Waals surface area contributed by atoms with Gasteiger partial charge in [-0.25, -0.2) is 0 Å². The lowest BCUT2D eigenvalue weighted by Crippen LogP contribution is -2.37. The highest BCUT2D eigenvalue weighted by Gasteiger charge is 2.34. The van der Waals surface area contributed by atoms with Gasteiger partial charge in [0.25, 0.3) is 0 Å². The Labute approximate surface area is 163 Å². The van der Waals surface area contributed by atoms with E-state index in [1.165, 1.54) is 6.07 Å². The Bertz CT molecular complexity index is 732. The number of halogens is 4. The predicted molar refractivity (Wildman–Crippen MR) is 103 cm³/mol. The molecule has 0 saturated heterocycles. The molecule has 0 saturated carbocycles. The average Bonchev–Trinajstić information content (AvgIpc) is 2.61. The number of hydrogen-bond acceptors (Lipinski definition) is 2. The maximum Gasteiger partial charge on any atom is 0.417 e. The standard InChI is InChI=1S/C21H25ClF3NO/c1-20(2,17-9-4-3-5-10-17)15-26(12-7-13-27)14-16-8-6-11-18(19(16)22)21(23,24)25/h3-6,8-11,27H,7,12-15H2,1-2H3. The van der Waals surface area contributed by atoms with Gasteiger partial charge in [0.2, 0.25) is 0 Å². The van der Waals surface area contributed by atoms with Gasteiger partial charge in [-0.05, 0) is 23.6 Å². The fourth-order valence-corrected chi connectivity index (χ4v) is 3.50. The zero-order valence-electron chi connectivity index (χ0n) is 15.6. The van der Waals surface area contributed by atoms with E-state index in [9.17, 15) is 18.3 Å². The van der Waals surface area contributed by atoms with Gasteiger partial charge in [-0.2, -0.15) is 13.2 Å². The van der Waals surface area contributed by atoms with E-state index in [1.807, 2.05) is 35.2 Å². The fraction of sp³-hybridized carbons (Fsp3) is 0.429. The van der Waals surface area contributed by atoms with Crippen LogP contribution in [0.5, 0.6) is 0 Å². The Hall–Kier alpha value is -1.56. The molecule has 0 fully saturated rings. The monoisotopic (exact) mass is 399 g/mol. The van der Waals surface area contributed by atoms with Gasteiger partial charge in [0.15, 0.2) is 0 Å². The minimum Gasteiger partial charge on any atom is -0.396 e. The minimum absolute atomic E-state index is 0.0264. The highest BCUT2D eigenvalue weighted by atomic mass is 35.5. The first-order valence-electron chi connectivity index (χ1n) is 8.88. The molecule has 2 rings (SSSR count). The van der Waals surface area contributed by atoms with Gasteiger partial charge in [0.1, 0.15) is 0 Å². The molecular weight excluding hydrogens is 375 g/mol. The van der Waals surface area contributed by atoms with Crippen molar-refractivity contribution in [3.05, 3.63) is 70.2 Å². The lowest BCUT2D eigenvalue weighted by atomic mass is 9.84. The van der Waals surface area contributed by atoms with E-state index >= 15 is 0 Å². The number of benzene rings is 2. The third-order valence-corrected chi connectivity index (χ3v) is 5.03. The Kier molecular flexibility index (Phi) is 7.32. The highest BCUT2D eigenvalue weighted by Crippen LogP contribution is 2.37. The minimum atomic E-state index is -4.48. The largest absolute Gasteiger partial charge is 0.417 e. The SMILES string of the molecule is CC(C)(CN(CCCO)Cc1cccc(C(F)(F)F)c1Cl)c1ccccc1. The van der Waals surface area contributed by atoms with Gasteiger partial charge in [0.05, 0.1) is 10.6 Å². The van der Waals surface area contributed by atoms with Crippen LogP contribution in [0.25, 0.3) is 0 Å². The average molecular weight is 400 g/mol. The molecule has 0 unspecified atom stereocenters. The maximum atomic E-state index is 13.1. The number of rotatable bonds is 8. The van der Waals surface area contributed by atoms with Gasteiger partial charge < -0.3 is 5.11 Å². The van der Waals surface area contributed by atoms with E-state index in [0.29, 0.717) is 31.6 Å². The number of aliphatic hydroxyl groups excluding tert-OH is 1. The third kappa shape index (κ3) is 5.96. The van der Waals surface area contributed by atoms with Gasteiger partial charge in [0, 0.05) is 31.7 Å². The van der Waals surface area contributed by atoms with Crippen molar-refractivity contribution in [2.75, 3.05) is 19.7 Å². The van der Waals surface area contributed by atoms with E-state index in [1.54, 1.807) is 6.07 Å². The Morgan fingerprint density at radius 2 is 1.67 bits per heavy atom. The van der Waals surface area contributed by atoms with Crippen molar-refractivity contribution in [3.63, 3.8) is 0 Å². The molecule has 0 aliphatic carbocycles. The summed E-state index contributed by atoms with van der Waals surface area (Å²) in [5, 5.41) is 8.95. The van der Waals surface area contributed by atoms with Crippen LogP contribution in [0.15, 0.2) is 48.5 Å². The van der Waals surface area contributed by atoms with Gasteiger partial charge in [-0.15, -0.1) is 0 Å². The summed E-state index contributed by atoms with van der Waals surface area (Å²) < 4.78 is 39.4. The van der Waals surface area contributed by atoms with Crippen LogP contribution in [-0.4, -0.2) is 29.7 Å². The summed E-state index contributed by atoms with van der Waals surface area (Å²) in [6.45, 7) is 5.71. The second kappa shape index (κ2) is 9.09. The fourth-order valence-electron chi connectivity index (χ4n) is 3.21. The molecule has 0 radical (unpaired) electrons. The first kappa shape index (κ1) is 21.7. The molecule has 2 aromatic rings. The van der Waals surface area contributed by atoms with E-state index < -0.39 is 11.7 Å². The first-order valence-corrected chi connectivity index (χ1v) is 9.26. The summed E-state index contributed by atoms with van der Waals surface area (Å²) in [6, 6.07) is 14.0. The second-order valence-corrected chi connectivity index (χ2v) is 7.69. The molecule has 27 heavy (non-hydrogen) atoms. The molecule has 0 atom stereocenters. The van der Waals surface area contributed by atoms with Crippen LogP contribution in [0.1, 0.15) is 37.0 Å². The molecule has 148 valence electrons. The number of nitrogens with zero attached hydrogens (tertiary/aromatic N) is 1. The molecule has 0 amide bonds. The Morgan fingerprint density at radius 1 is 1.00 bits per heavy atom. The Balaban J connectivity index is 2.25. The maximum absolute atomic E-state index is 13.1. The van der Waals surface area contributed by atoms with E-state index in [4.69, 9.17) is 11.6 Å². The van der Waals surface area contributed by atoms with Crippen LogP contribution < -0.4 is 0 Å². The molecule has 2 aromatic carbocycles. The first-order chi connectivity index (χ1) is 12.6. The number of alkyl halides is 3. The summed E-state index contributed by atoms with van der Waals surface area (Å²) in [7, 11) is 0. The second-order valence-electron chi connectivity index (χ2n) is 7.31. The molecule has 0 bridgehead atoms. The van der Waals surface area contributed by atoms with Crippen LogP contribution in [0.2, 0.25) is 5.02 Å². The molecule has 0 aliphatic rings. The lowest BCUT2D eigenvalue weighted by molar-refractivity contribution is -0.137. The van der Waals surface area contributed by atoms with Crippen molar-refractivity contribution in [1.29, 1.82) is 0 Å². The molecule has 0 heterocycles. The zero-order chi connectivity index (χ0) is 20.1. The van der Waals surface area contributed by atoms with E-state index in [0.717, 1.165) is 11.6 Å². The van der Waals surface area contributed by atoms with Crippen LogP contribution in [-0.2, 0) is 18.1 Å². The molecule has 0 aromatic heterocycles. The van der Waals surface area contributed by atoms with Crippen molar-refractivity contribution in [2.24, 2.45) is 0 Å². The molecule has 1 N–H and O–H groups in total. The topological polar surface area (TPSA) is 23.5 Å². The number of hydrogen-bond donors (Lipinski definition) is 1. The molecule has 6 heteroatoms. The van der Waals surface area contributed by atoms with Crippen molar-refractivity contribution >= 4 is 11.6 Å². The molecular formula is C21H25ClF3NO. The zero-order valence-corrected chi connectivity index (χ0v) is 16.3. The van der Waals surface area contributed by atoms with Crippen LogP contribution in [0.3, 0.4) is 0 Å². The van der Waals surface area contributed by atoms with Crippen LogP contribution >= 0.6 is 11.6 Å². The van der Waals surface area contributed by atoms with Crippen molar-refractivity contribution < 1.29 is 18.3 Å². The van der Waals surface area contributed by atoms with Gasteiger partial charge >= 0.3 is 6.18 Å².